The molecule has 0 fully saturated rings. The van der Waals surface area contributed by atoms with Crippen LogP contribution in [0.1, 0.15) is 357 Å². The third-order valence-electron chi connectivity index (χ3n) is 17.8. The van der Waals surface area contributed by atoms with E-state index in [1.807, 2.05) is 24.3 Å². The van der Waals surface area contributed by atoms with Gasteiger partial charge in [-0.1, -0.05) is 353 Å². The molecule has 0 saturated heterocycles. The highest BCUT2D eigenvalue weighted by Crippen LogP contribution is 2.48. The van der Waals surface area contributed by atoms with Gasteiger partial charge in [-0.3, -0.25) is 0 Å². The summed E-state index contributed by atoms with van der Waals surface area (Å²) in [5.41, 5.74) is 7.43. The average molecular weight is 1230 g/mol. The van der Waals surface area contributed by atoms with Crippen molar-refractivity contribution in [2.45, 2.75) is 355 Å². The first-order valence-electron chi connectivity index (χ1n) is 36.4. The molecule has 498 valence electrons. The molecule has 7 nitrogen and oxygen atoms in total. The summed E-state index contributed by atoms with van der Waals surface area (Å²) >= 11 is 0. The molecule has 0 amide bonds. The lowest BCUT2D eigenvalue weighted by molar-refractivity contribution is 0.368. The Balaban J connectivity index is 0.00000178. The maximum Gasteiger partial charge on any atom is 0.324 e. The molecule has 0 atom stereocenters. The lowest BCUT2D eigenvalue weighted by Gasteiger charge is -2.34. The minimum atomic E-state index is -2.62. The number of unbranched alkanes of at least 4 members (excludes halogenated alkanes) is 40. The number of phenols is 4. The van der Waals surface area contributed by atoms with Crippen molar-refractivity contribution in [3.8, 4) is 23.0 Å². The van der Waals surface area contributed by atoms with Gasteiger partial charge in [-0.25, -0.2) is 0 Å². The normalized spacial score (nSPS) is 11.2. The molecule has 0 aliphatic rings. The Labute approximate surface area is 537 Å². The first-order valence-corrected chi connectivity index (χ1v) is 37.6. The maximum atomic E-state index is 13.1. The maximum absolute atomic E-state index is 13.1. The number of phenolic OH excluding ortho intramolecular Hbond substituents is 4. The Morgan fingerprint density at radius 1 is 0.276 bits per heavy atom. The molecule has 0 spiro atoms. The van der Waals surface area contributed by atoms with E-state index in [9.17, 15) is 10.2 Å². The Morgan fingerprint density at radius 2 is 0.494 bits per heavy atom. The second kappa shape index (κ2) is 57.5. The van der Waals surface area contributed by atoms with E-state index >= 15 is 0 Å². The van der Waals surface area contributed by atoms with E-state index in [1.54, 1.807) is 54.1 Å². The molecular formula is C79H135O7P. The Morgan fingerprint density at radius 3 is 0.747 bits per heavy atom. The van der Waals surface area contributed by atoms with Crippen molar-refractivity contribution in [2.24, 2.45) is 0 Å². The summed E-state index contributed by atoms with van der Waals surface area (Å²) in [6, 6.07) is 25.4. The molecule has 0 heterocycles. The average Bonchev–Trinajstić information content (AvgIpc) is 1.03. The van der Waals surface area contributed by atoms with Crippen LogP contribution in [0, 0.1) is 0 Å². The fraction of sp³-hybridized carbons (Fsp3) is 0.696. The number of benzene rings is 4. The zero-order valence-electron chi connectivity index (χ0n) is 57.1. The van der Waals surface area contributed by atoms with Gasteiger partial charge in [0, 0.05) is 16.5 Å². The lowest BCUT2D eigenvalue weighted by atomic mass is 9.70. The summed E-state index contributed by atoms with van der Waals surface area (Å²) in [6.07, 6.45) is 63.8. The van der Waals surface area contributed by atoms with Gasteiger partial charge in [0.05, 0.1) is 0 Å². The van der Waals surface area contributed by atoms with E-state index in [0.29, 0.717) is 23.0 Å². The van der Waals surface area contributed by atoms with Crippen LogP contribution in [0.5, 0.6) is 23.0 Å². The summed E-state index contributed by atoms with van der Waals surface area (Å²) in [6.45, 7) is 13.8. The molecule has 0 unspecified atom stereocenters. The van der Waals surface area contributed by atoms with Crippen LogP contribution in [-0.4, -0.2) is 35.1 Å². The van der Waals surface area contributed by atoms with Crippen molar-refractivity contribution in [1.29, 1.82) is 0 Å². The Kier molecular flexibility index (Phi) is 53.8. The van der Waals surface area contributed by atoms with Crippen LogP contribution >= 0.6 is 8.60 Å². The van der Waals surface area contributed by atoms with Crippen molar-refractivity contribution < 1.29 is 35.1 Å². The van der Waals surface area contributed by atoms with E-state index < -0.39 is 14.0 Å². The van der Waals surface area contributed by atoms with Gasteiger partial charge in [0.2, 0.25) is 0 Å². The molecule has 7 N–H and O–H groups in total. The van der Waals surface area contributed by atoms with Gasteiger partial charge in [0.15, 0.2) is 0 Å². The zero-order chi connectivity index (χ0) is 63.7. The molecule has 4 rings (SSSR count). The van der Waals surface area contributed by atoms with Crippen LogP contribution in [0.2, 0.25) is 0 Å². The molecule has 4 aromatic carbocycles. The predicted octanol–water partition coefficient (Wildman–Crippen LogP) is 24.8. The van der Waals surface area contributed by atoms with Crippen LogP contribution in [0.15, 0.2) is 84.9 Å². The second-order valence-electron chi connectivity index (χ2n) is 25.9. The molecule has 0 aromatic heterocycles. The van der Waals surface area contributed by atoms with Crippen molar-refractivity contribution in [3.63, 3.8) is 0 Å². The van der Waals surface area contributed by atoms with Gasteiger partial charge in [-0.05, 0) is 104 Å². The molecule has 0 aliphatic carbocycles. The van der Waals surface area contributed by atoms with Crippen LogP contribution in [-0.2, 0) is 31.1 Å². The third kappa shape index (κ3) is 42.9. The summed E-state index contributed by atoms with van der Waals surface area (Å²) in [4.78, 5) is 21.7. The standard InChI is InChI=1S/C67H120O2.2C6H6O.H3O3P/c1-7-11-15-19-23-27-31-35-39-43-47-53-59-60(54-48-44-40-36-32-28-24-20-16-12-8-2)62(56-50-46-42-38-34-30-26-22-18-14-10-4)66(69)65(67(5,6)63-57-51-52-58-64(63)68)61(59)55-49-45-41-37-33-29-25-21-17-13-9-3;2*7-6-4-2-1-3-5-6;1-4(2)3/h51-52,57-58,68-69H,7-50,53-56H2,1-6H3;2*1-5,7H;1-3H. The van der Waals surface area contributed by atoms with Crippen LogP contribution < -0.4 is 0 Å². The van der Waals surface area contributed by atoms with Crippen LogP contribution in [0.4, 0.5) is 0 Å². The van der Waals surface area contributed by atoms with Gasteiger partial charge in [-0.2, -0.15) is 0 Å². The number of rotatable bonds is 50. The topological polar surface area (TPSA) is 142 Å². The Bertz CT molecular complexity index is 2070. The van der Waals surface area contributed by atoms with E-state index in [2.05, 4.69) is 53.7 Å². The fourth-order valence-electron chi connectivity index (χ4n) is 12.6. The molecule has 0 bridgehead atoms. The number of para-hydroxylation sites is 3. The second-order valence-corrected chi connectivity index (χ2v) is 26.4. The number of aromatic hydroxyl groups is 4. The van der Waals surface area contributed by atoms with Crippen LogP contribution in [0.3, 0.4) is 0 Å². The highest BCUT2D eigenvalue weighted by Gasteiger charge is 2.35. The van der Waals surface area contributed by atoms with Crippen molar-refractivity contribution in [3.05, 3.63) is 118 Å². The van der Waals surface area contributed by atoms with Gasteiger partial charge in [0.1, 0.15) is 23.0 Å². The van der Waals surface area contributed by atoms with Gasteiger partial charge < -0.3 is 35.1 Å². The van der Waals surface area contributed by atoms with Crippen molar-refractivity contribution in [1.82, 2.24) is 0 Å². The molecule has 8 heteroatoms. The molecule has 0 saturated carbocycles. The monoisotopic (exact) mass is 1230 g/mol. The summed E-state index contributed by atoms with van der Waals surface area (Å²) < 4.78 is 0. The van der Waals surface area contributed by atoms with Gasteiger partial charge in [-0.15, -0.1) is 0 Å². The SMILES string of the molecule is CCCCCCCCCCCCCc1c(O)c(C(C)(C)c2ccccc2O)c(CCCCCCCCCCCCC)c(CCCCCCCCCCCCC)c1CCCCCCCCCCCCC.OP(O)O.Oc1ccccc1.Oc1ccccc1. The van der Waals surface area contributed by atoms with E-state index in [4.69, 9.17) is 24.9 Å². The highest BCUT2D eigenvalue weighted by atomic mass is 31.2. The van der Waals surface area contributed by atoms with E-state index in [0.717, 1.165) is 43.2 Å². The number of hydrogen-bond acceptors (Lipinski definition) is 7. The first kappa shape index (κ1) is 81.4. The zero-order valence-corrected chi connectivity index (χ0v) is 58.0. The minimum Gasteiger partial charge on any atom is -0.508 e. The molecule has 0 radical (unpaired) electrons. The molecular weight excluding hydrogens is 1090 g/mol. The van der Waals surface area contributed by atoms with Gasteiger partial charge >= 0.3 is 8.60 Å². The van der Waals surface area contributed by atoms with Crippen LogP contribution in [0.25, 0.3) is 0 Å². The first-order chi connectivity index (χ1) is 42.4. The predicted molar refractivity (Wildman–Crippen MR) is 379 cm³/mol. The molecule has 0 aliphatic heterocycles. The van der Waals surface area contributed by atoms with Crippen molar-refractivity contribution in [2.75, 3.05) is 0 Å². The largest absolute Gasteiger partial charge is 0.508 e. The quantitative estimate of drug-likeness (QED) is 0.0172. The third-order valence-corrected chi connectivity index (χ3v) is 17.8. The highest BCUT2D eigenvalue weighted by molar-refractivity contribution is 7.38. The fourth-order valence-corrected chi connectivity index (χ4v) is 12.6. The van der Waals surface area contributed by atoms with E-state index in [1.165, 1.54) is 293 Å². The minimum absolute atomic E-state index is 0.322. The van der Waals surface area contributed by atoms with E-state index in [-0.39, 0.29) is 0 Å². The Hall–Kier alpha value is -3.61. The summed E-state index contributed by atoms with van der Waals surface area (Å²) in [5, 5.41) is 41.8. The lowest BCUT2D eigenvalue weighted by Crippen LogP contribution is -2.24. The molecule has 4 aromatic rings. The molecule has 87 heavy (non-hydrogen) atoms. The number of hydrogen-bond donors (Lipinski definition) is 7. The van der Waals surface area contributed by atoms with Gasteiger partial charge in [0.25, 0.3) is 0 Å². The van der Waals surface area contributed by atoms with Crippen molar-refractivity contribution >= 4 is 8.60 Å². The smallest absolute Gasteiger partial charge is 0.324 e. The summed E-state index contributed by atoms with van der Waals surface area (Å²) in [7, 11) is -2.62. The summed E-state index contributed by atoms with van der Waals surface area (Å²) in [5.74, 6) is 1.57.